The number of carboxylic acids is 2. The maximum absolute atomic E-state index is 9.55. The predicted molar refractivity (Wildman–Crippen MR) is 137 cm³/mol. The van der Waals surface area contributed by atoms with E-state index in [4.69, 9.17) is 14.7 Å². The lowest BCUT2D eigenvalue weighted by Crippen LogP contribution is -2.30. The minimum atomic E-state index is -1.26. The van der Waals surface area contributed by atoms with Gasteiger partial charge in [0.1, 0.15) is 0 Å². The molecule has 5 rings (SSSR count). The summed E-state index contributed by atoms with van der Waals surface area (Å²) in [6.07, 6.45) is 4.64. The van der Waals surface area contributed by atoms with E-state index >= 15 is 0 Å². The Hall–Kier alpha value is -3.69. The Bertz CT molecular complexity index is 1330. The van der Waals surface area contributed by atoms with E-state index in [1.807, 2.05) is 35.6 Å². The number of nitrogens with zero attached hydrogens (tertiary/aromatic N) is 2. The molecule has 1 aliphatic heterocycles. The molecule has 0 atom stereocenters. The van der Waals surface area contributed by atoms with E-state index in [9.17, 15) is 9.59 Å². The molecular weight excluding hydrogens is 466 g/mol. The summed E-state index contributed by atoms with van der Waals surface area (Å²) in [5.41, 5.74) is 2.40. The Labute approximate surface area is 206 Å². The fourth-order valence-electron chi connectivity index (χ4n) is 4.10. The van der Waals surface area contributed by atoms with Gasteiger partial charge in [0.2, 0.25) is 0 Å². The summed E-state index contributed by atoms with van der Waals surface area (Å²) < 4.78 is 6.78. The fourth-order valence-corrected chi connectivity index (χ4v) is 5.31. The van der Waals surface area contributed by atoms with Crippen molar-refractivity contribution in [3.05, 3.63) is 71.1 Å². The van der Waals surface area contributed by atoms with E-state index in [1.54, 1.807) is 10.4 Å². The fraction of sp³-hybridized carbons (Fsp3) is 0.269. The number of thiophene rings is 1. The van der Waals surface area contributed by atoms with Crippen molar-refractivity contribution in [2.75, 3.05) is 25.0 Å². The van der Waals surface area contributed by atoms with Crippen molar-refractivity contribution in [1.82, 2.24) is 10.1 Å². The molecule has 0 saturated carbocycles. The number of carbonyl (C=O) groups is 2. The summed E-state index contributed by atoms with van der Waals surface area (Å²) in [5.74, 6) is -1.65. The quantitative estimate of drug-likeness (QED) is 0.232. The summed E-state index contributed by atoms with van der Waals surface area (Å²) in [6.45, 7) is 4.36. The number of hydrogen-bond acceptors (Lipinski definition) is 7. The molecule has 0 fully saturated rings. The minimum Gasteiger partial charge on any atom is -0.478 e. The van der Waals surface area contributed by atoms with Gasteiger partial charge < -0.3 is 20.1 Å². The highest BCUT2D eigenvalue weighted by Gasteiger charge is 2.20. The number of aromatic nitrogens is 1. The molecule has 4 aromatic rings. The molecule has 0 spiro atoms. The Balaban J connectivity index is 0.000000314. The zero-order valence-corrected chi connectivity index (χ0v) is 20.0. The number of aliphatic carboxylic acids is 2. The van der Waals surface area contributed by atoms with Crippen molar-refractivity contribution in [2.45, 2.75) is 25.8 Å². The lowest BCUT2D eigenvalue weighted by molar-refractivity contribution is -0.134. The molecule has 182 valence electrons. The van der Waals surface area contributed by atoms with Crippen LogP contribution in [0.3, 0.4) is 0 Å². The van der Waals surface area contributed by atoms with Crippen LogP contribution in [0.15, 0.2) is 65.2 Å². The van der Waals surface area contributed by atoms with Crippen LogP contribution >= 0.6 is 11.3 Å². The number of benzene rings is 2. The first-order valence-corrected chi connectivity index (χ1v) is 12.3. The predicted octanol–water partition coefficient (Wildman–Crippen LogP) is 5.00. The molecule has 3 heterocycles. The second kappa shape index (κ2) is 11.6. The highest BCUT2D eigenvalue weighted by Crippen LogP contribution is 2.35. The molecule has 8 nitrogen and oxygen atoms in total. The molecule has 1 aliphatic rings. The number of fused-ring (bicyclic) bond motifs is 4. The topological polar surface area (TPSA) is 116 Å². The molecule has 0 unspecified atom stereocenters. The van der Waals surface area contributed by atoms with Crippen molar-refractivity contribution in [3.63, 3.8) is 0 Å². The summed E-state index contributed by atoms with van der Waals surface area (Å²) >= 11 is 1.98. The standard InChI is InChI=1S/C22H23N3OS.C4H4O4/c1-3-9-19-17(8-1)22(24-26-19)23-12-5-6-13-25-14-11-21-18(15-25)16-7-2-4-10-20(16)27-21;5-3(6)1-2-4(7)8/h1-4,7-10H,5-6,11-15H2,(H,23,24);1-2H,(H,5,6)(H,7,8)/b;2-1+. The molecule has 2 aromatic carbocycles. The van der Waals surface area contributed by atoms with Gasteiger partial charge in [-0.25, -0.2) is 9.59 Å². The molecule has 0 bridgehead atoms. The van der Waals surface area contributed by atoms with Crippen LogP contribution in [0.2, 0.25) is 0 Å². The van der Waals surface area contributed by atoms with E-state index in [1.165, 1.54) is 29.5 Å². The van der Waals surface area contributed by atoms with Crippen LogP contribution in [-0.4, -0.2) is 51.8 Å². The molecule has 2 aromatic heterocycles. The van der Waals surface area contributed by atoms with Crippen LogP contribution in [0.5, 0.6) is 0 Å². The third-order valence-corrected chi connectivity index (χ3v) is 7.03. The van der Waals surface area contributed by atoms with E-state index < -0.39 is 11.9 Å². The van der Waals surface area contributed by atoms with Gasteiger partial charge in [-0.1, -0.05) is 35.5 Å². The van der Waals surface area contributed by atoms with Crippen molar-refractivity contribution >= 4 is 50.1 Å². The minimum absolute atomic E-state index is 0.558. The van der Waals surface area contributed by atoms with Crippen LogP contribution in [0.1, 0.15) is 23.3 Å². The average Bonchev–Trinajstić information content (AvgIpc) is 3.44. The first-order valence-electron chi connectivity index (χ1n) is 11.4. The van der Waals surface area contributed by atoms with Gasteiger partial charge in [-0.15, -0.1) is 11.3 Å². The smallest absolute Gasteiger partial charge is 0.328 e. The lowest BCUT2D eigenvalue weighted by atomic mass is 10.0. The number of carboxylic acid groups (broad SMARTS) is 2. The Kier molecular flexibility index (Phi) is 8.12. The monoisotopic (exact) mass is 493 g/mol. The van der Waals surface area contributed by atoms with Crippen molar-refractivity contribution in [3.8, 4) is 0 Å². The van der Waals surface area contributed by atoms with Crippen LogP contribution < -0.4 is 5.32 Å². The largest absolute Gasteiger partial charge is 0.478 e. The van der Waals surface area contributed by atoms with Crippen molar-refractivity contribution in [2.24, 2.45) is 0 Å². The first-order chi connectivity index (χ1) is 17.0. The highest BCUT2D eigenvalue weighted by atomic mass is 32.1. The van der Waals surface area contributed by atoms with Crippen LogP contribution in [0.4, 0.5) is 5.82 Å². The van der Waals surface area contributed by atoms with Gasteiger partial charge in [0.05, 0.1) is 5.39 Å². The number of nitrogens with one attached hydrogen (secondary N) is 1. The summed E-state index contributed by atoms with van der Waals surface area (Å²) in [4.78, 5) is 23.3. The van der Waals surface area contributed by atoms with Gasteiger partial charge in [0.15, 0.2) is 11.4 Å². The van der Waals surface area contributed by atoms with Crippen molar-refractivity contribution in [1.29, 1.82) is 0 Å². The number of rotatable bonds is 8. The number of hydrogen-bond donors (Lipinski definition) is 3. The normalized spacial score (nSPS) is 13.5. The van der Waals surface area contributed by atoms with Gasteiger partial charge in [-0.2, -0.15) is 0 Å². The van der Waals surface area contributed by atoms with Gasteiger partial charge in [0.25, 0.3) is 0 Å². The van der Waals surface area contributed by atoms with Gasteiger partial charge in [-0.05, 0) is 55.0 Å². The van der Waals surface area contributed by atoms with E-state index in [0.29, 0.717) is 12.2 Å². The summed E-state index contributed by atoms with van der Waals surface area (Å²) in [6, 6.07) is 16.8. The Morgan fingerprint density at radius 2 is 1.74 bits per heavy atom. The first kappa shape index (κ1) is 24.4. The Morgan fingerprint density at radius 1 is 1.03 bits per heavy atom. The highest BCUT2D eigenvalue weighted by molar-refractivity contribution is 7.19. The summed E-state index contributed by atoms with van der Waals surface area (Å²) in [5, 5.41) is 25.7. The maximum Gasteiger partial charge on any atom is 0.328 e. The molecular formula is C26H27N3O5S. The van der Waals surface area contributed by atoms with Crippen LogP contribution in [0.25, 0.3) is 21.1 Å². The SMILES string of the molecule is O=C(O)/C=C/C(=O)O.c1ccc2c(NCCCCN3CCc4sc5ccccc5c4C3)noc2c1. The third-order valence-electron chi connectivity index (χ3n) is 5.76. The Morgan fingerprint density at radius 3 is 2.51 bits per heavy atom. The molecule has 0 aliphatic carbocycles. The van der Waals surface area contributed by atoms with E-state index in [0.717, 1.165) is 42.8 Å². The maximum atomic E-state index is 9.55. The van der Waals surface area contributed by atoms with E-state index in [-0.39, 0.29) is 0 Å². The zero-order valence-electron chi connectivity index (χ0n) is 19.1. The van der Waals surface area contributed by atoms with Gasteiger partial charge in [-0.3, -0.25) is 4.90 Å². The molecule has 35 heavy (non-hydrogen) atoms. The summed E-state index contributed by atoms with van der Waals surface area (Å²) in [7, 11) is 0. The number of para-hydroxylation sites is 1. The van der Waals surface area contributed by atoms with Crippen LogP contribution in [0, 0.1) is 0 Å². The number of unbranched alkanes of at least 4 members (excludes halogenated alkanes) is 1. The number of anilines is 1. The second-order valence-electron chi connectivity index (χ2n) is 8.20. The molecule has 9 heteroatoms. The third kappa shape index (κ3) is 6.46. The average molecular weight is 494 g/mol. The molecule has 3 N–H and O–H groups in total. The van der Waals surface area contributed by atoms with E-state index in [2.05, 4.69) is 39.6 Å². The molecule has 0 saturated heterocycles. The molecule has 0 amide bonds. The van der Waals surface area contributed by atoms with Crippen molar-refractivity contribution < 1.29 is 24.3 Å². The van der Waals surface area contributed by atoms with Gasteiger partial charge >= 0.3 is 11.9 Å². The van der Waals surface area contributed by atoms with Crippen LogP contribution in [-0.2, 0) is 22.6 Å². The molecule has 0 radical (unpaired) electrons. The van der Waals surface area contributed by atoms with Gasteiger partial charge in [0, 0.05) is 41.4 Å². The second-order valence-corrected chi connectivity index (χ2v) is 9.33. The lowest BCUT2D eigenvalue weighted by Gasteiger charge is -2.27. The zero-order chi connectivity index (χ0) is 24.6.